The fourth-order valence-corrected chi connectivity index (χ4v) is 2.30. The third kappa shape index (κ3) is 4.70. The van der Waals surface area contributed by atoms with E-state index < -0.39 is 11.9 Å². The number of nitrogens with zero attached hydrogens (tertiary/aromatic N) is 1. The van der Waals surface area contributed by atoms with Gasteiger partial charge >= 0.3 is 11.9 Å². The Balaban J connectivity index is 3.25. The van der Waals surface area contributed by atoms with Crippen LogP contribution in [0.3, 0.4) is 0 Å². The molecule has 0 heterocycles. The molecule has 22 heavy (non-hydrogen) atoms. The summed E-state index contributed by atoms with van der Waals surface area (Å²) in [5.74, 6) is -2.43. The number of rotatable bonds is 6. The van der Waals surface area contributed by atoms with Gasteiger partial charge in [0.05, 0.1) is 18.3 Å². The molecule has 5 nitrogen and oxygen atoms in total. The summed E-state index contributed by atoms with van der Waals surface area (Å²) in [6, 6.07) is 9.30. The van der Waals surface area contributed by atoms with E-state index in [-0.39, 0.29) is 12.6 Å². The van der Waals surface area contributed by atoms with Gasteiger partial charge in [-0.15, -0.1) is 0 Å². The maximum absolute atomic E-state index is 12.1. The highest BCUT2D eigenvalue weighted by Gasteiger charge is 2.27. The van der Waals surface area contributed by atoms with E-state index in [4.69, 9.17) is 9.84 Å². The Morgan fingerprint density at radius 1 is 1.23 bits per heavy atom. The van der Waals surface area contributed by atoms with Crippen molar-refractivity contribution in [3.05, 3.63) is 41.5 Å². The molecule has 0 aliphatic carbocycles. The molecule has 1 rings (SSSR count). The molecule has 0 bridgehead atoms. The summed E-state index contributed by atoms with van der Waals surface area (Å²) >= 11 is 0. The van der Waals surface area contributed by atoms with Gasteiger partial charge in [-0.2, -0.15) is 0 Å². The van der Waals surface area contributed by atoms with Crippen LogP contribution in [0.15, 0.2) is 35.9 Å². The Hall–Kier alpha value is -2.14. The summed E-state index contributed by atoms with van der Waals surface area (Å²) in [6.45, 7) is 8.09. The molecular weight excluding hydrogens is 282 g/mol. The van der Waals surface area contributed by atoms with Gasteiger partial charge in [0.1, 0.15) is 0 Å². The Bertz CT molecular complexity index is 547. The molecule has 1 atom stereocenters. The third-order valence-electron chi connectivity index (χ3n) is 3.11. The molecule has 1 amide bonds. The quantitative estimate of drug-likeness (QED) is 0.821. The first-order valence-corrected chi connectivity index (χ1v) is 7.27. The maximum atomic E-state index is 12.1. The fraction of sp³-hybridized carbons (Fsp3) is 0.412. The molecule has 0 aromatic heterocycles. The predicted octanol–water partition coefficient (Wildman–Crippen LogP) is 2.78. The highest BCUT2D eigenvalue weighted by molar-refractivity contribution is 6.33. The van der Waals surface area contributed by atoms with Crippen LogP contribution in [0.1, 0.15) is 33.3 Å². The zero-order valence-electron chi connectivity index (χ0n) is 13.5. The number of hydrogen-bond acceptors (Lipinski definition) is 3. The molecule has 0 aliphatic heterocycles. The number of carbonyl (C=O) groups excluding carboxylic acids is 1. The Labute approximate surface area is 131 Å². The second-order valence-corrected chi connectivity index (χ2v) is 5.20. The second kappa shape index (κ2) is 8.34. The van der Waals surface area contributed by atoms with Gasteiger partial charge < -0.3 is 9.84 Å². The van der Waals surface area contributed by atoms with Crippen molar-refractivity contribution in [3.63, 3.8) is 0 Å². The van der Waals surface area contributed by atoms with Crippen LogP contribution in [0, 0.1) is 0 Å². The summed E-state index contributed by atoms with van der Waals surface area (Å²) in [5.41, 5.74) is 2.28. The monoisotopic (exact) mass is 305 g/mol. The smallest absolute Gasteiger partial charge is 0.394 e. The minimum atomic E-state index is -1.47. The van der Waals surface area contributed by atoms with Crippen molar-refractivity contribution < 1.29 is 19.4 Å². The van der Waals surface area contributed by atoms with Crippen molar-refractivity contribution in [1.82, 2.24) is 4.90 Å². The van der Waals surface area contributed by atoms with E-state index in [0.717, 1.165) is 11.1 Å². The van der Waals surface area contributed by atoms with Crippen molar-refractivity contribution in [2.75, 3.05) is 13.2 Å². The lowest BCUT2D eigenvalue weighted by Gasteiger charge is -2.28. The van der Waals surface area contributed by atoms with E-state index in [0.29, 0.717) is 12.3 Å². The number of carboxylic acids is 1. The zero-order chi connectivity index (χ0) is 16.7. The number of allylic oxidation sites excluding steroid dienone is 1. The van der Waals surface area contributed by atoms with Crippen LogP contribution in [-0.4, -0.2) is 41.1 Å². The molecular formula is C17H23NO4. The molecule has 0 saturated heterocycles. The molecule has 0 spiro atoms. The Kier molecular flexibility index (Phi) is 6.79. The van der Waals surface area contributed by atoms with Crippen molar-refractivity contribution in [1.29, 1.82) is 0 Å². The van der Waals surface area contributed by atoms with Crippen molar-refractivity contribution in [3.8, 4) is 0 Å². The topological polar surface area (TPSA) is 66.8 Å². The SMILES string of the molecule is CCOC(C)CN(C(=O)C(=O)O)C(=C(C)C)c1ccccc1. The molecule has 1 unspecified atom stereocenters. The van der Waals surface area contributed by atoms with Crippen molar-refractivity contribution in [2.45, 2.75) is 33.8 Å². The predicted molar refractivity (Wildman–Crippen MR) is 85.1 cm³/mol. The lowest BCUT2D eigenvalue weighted by Crippen LogP contribution is -2.40. The minimum Gasteiger partial charge on any atom is -0.474 e. The molecule has 1 aromatic rings. The van der Waals surface area contributed by atoms with Crippen LogP contribution < -0.4 is 0 Å². The average molecular weight is 305 g/mol. The molecule has 1 aromatic carbocycles. The lowest BCUT2D eigenvalue weighted by molar-refractivity contribution is -0.154. The van der Waals surface area contributed by atoms with Gasteiger partial charge in [0, 0.05) is 6.61 Å². The van der Waals surface area contributed by atoms with Crippen molar-refractivity contribution >= 4 is 17.6 Å². The number of carboxylic acid groups (broad SMARTS) is 1. The number of benzene rings is 1. The van der Waals surface area contributed by atoms with Gasteiger partial charge in [0.25, 0.3) is 0 Å². The van der Waals surface area contributed by atoms with Crippen LogP contribution >= 0.6 is 0 Å². The molecule has 5 heteroatoms. The maximum Gasteiger partial charge on any atom is 0.394 e. The first kappa shape index (κ1) is 17.9. The van der Waals surface area contributed by atoms with Crippen LogP contribution in [-0.2, 0) is 14.3 Å². The van der Waals surface area contributed by atoms with Gasteiger partial charge in [-0.25, -0.2) is 4.79 Å². The Morgan fingerprint density at radius 3 is 2.27 bits per heavy atom. The van der Waals surface area contributed by atoms with Gasteiger partial charge in [-0.3, -0.25) is 9.69 Å². The summed E-state index contributed by atoms with van der Waals surface area (Å²) in [7, 11) is 0. The molecule has 1 N–H and O–H groups in total. The number of ether oxygens (including phenoxy) is 1. The largest absolute Gasteiger partial charge is 0.474 e. The highest BCUT2D eigenvalue weighted by Crippen LogP contribution is 2.24. The molecule has 120 valence electrons. The molecule has 0 radical (unpaired) electrons. The average Bonchev–Trinajstić information content (AvgIpc) is 2.46. The van der Waals surface area contributed by atoms with E-state index in [1.807, 2.05) is 58.0 Å². The van der Waals surface area contributed by atoms with Gasteiger partial charge in [-0.05, 0) is 33.3 Å². The first-order chi connectivity index (χ1) is 10.4. The van der Waals surface area contributed by atoms with Gasteiger partial charge in [0.2, 0.25) is 0 Å². The number of aliphatic carboxylic acids is 1. The summed E-state index contributed by atoms with van der Waals surface area (Å²) in [6.07, 6.45) is -0.258. The lowest BCUT2D eigenvalue weighted by atomic mass is 10.1. The molecule has 0 aliphatic rings. The first-order valence-electron chi connectivity index (χ1n) is 7.27. The summed E-state index contributed by atoms with van der Waals surface area (Å²) < 4.78 is 5.46. The number of amides is 1. The van der Waals surface area contributed by atoms with Crippen molar-refractivity contribution in [2.24, 2.45) is 0 Å². The molecule has 0 saturated carbocycles. The Morgan fingerprint density at radius 2 is 1.82 bits per heavy atom. The standard InChI is InChI=1S/C17H23NO4/c1-5-22-13(4)11-18(16(19)17(20)21)15(12(2)3)14-9-7-6-8-10-14/h6-10,13H,5,11H2,1-4H3,(H,20,21). The molecule has 0 fully saturated rings. The second-order valence-electron chi connectivity index (χ2n) is 5.20. The summed E-state index contributed by atoms with van der Waals surface area (Å²) in [4.78, 5) is 24.6. The number of carbonyl (C=O) groups is 2. The van der Waals surface area contributed by atoms with E-state index >= 15 is 0 Å². The third-order valence-corrected chi connectivity index (χ3v) is 3.11. The summed E-state index contributed by atoms with van der Waals surface area (Å²) in [5, 5.41) is 9.12. The van der Waals surface area contributed by atoms with E-state index in [9.17, 15) is 9.59 Å². The van der Waals surface area contributed by atoms with Gasteiger partial charge in [-0.1, -0.05) is 35.9 Å². The van der Waals surface area contributed by atoms with E-state index in [1.165, 1.54) is 4.90 Å². The van der Waals surface area contributed by atoms with Crippen LogP contribution in [0.4, 0.5) is 0 Å². The fourth-order valence-electron chi connectivity index (χ4n) is 2.30. The van der Waals surface area contributed by atoms with E-state index in [1.54, 1.807) is 0 Å². The normalized spacial score (nSPS) is 11.6. The van der Waals surface area contributed by atoms with Crippen LogP contribution in [0.2, 0.25) is 0 Å². The van der Waals surface area contributed by atoms with Crippen LogP contribution in [0.25, 0.3) is 5.70 Å². The minimum absolute atomic E-state index is 0.189. The highest BCUT2D eigenvalue weighted by atomic mass is 16.5. The van der Waals surface area contributed by atoms with Gasteiger partial charge in [0.15, 0.2) is 0 Å². The number of hydrogen-bond donors (Lipinski definition) is 1. The van der Waals surface area contributed by atoms with Crippen LogP contribution in [0.5, 0.6) is 0 Å². The zero-order valence-corrected chi connectivity index (χ0v) is 13.5. The van der Waals surface area contributed by atoms with E-state index in [2.05, 4.69) is 0 Å².